The smallest absolute Gasteiger partial charge is 0.170 e. The highest BCUT2D eigenvalue weighted by atomic mass is 35.5. The van der Waals surface area contributed by atoms with Crippen molar-refractivity contribution in [3.8, 4) is 11.5 Å². The number of hydrogen-bond acceptors (Lipinski definition) is 3. The predicted molar refractivity (Wildman–Crippen MR) is 79.0 cm³/mol. The lowest BCUT2D eigenvalue weighted by Crippen LogP contribution is -2.07. The SMILES string of the molecule is COc1ccc(C(=O)Cc2cc(Cl)ccc2OC)c(F)c1. The van der Waals surface area contributed by atoms with Crippen LogP contribution in [0.5, 0.6) is 11.5 Å². The van der Waals surface area contributed by atoms with E-state index in [0.717, 1.165) is 0 Å². The van der Waals surface area contributed by atoms with Gasteiger partial charge in [0.05, 0.1) is 19.8 Å². The van der Waals surface area contributed by atoms with Gasteiger partial charge >= 0.3 is 0 Å². The molecule has 0 aromatic heterocycles. The molecule has 3 nitrogen and oxygen atoms in total. The third kappa shape index (κ3) is 3.52. The minimum Gasteiger partial charge on any atom is -0.497 e. The van der Waals surface area contributed by atoms with Gasteiger partial charge in [0.1, 0.15) is 17.3 Å². The number of ether oxygens (including phenoxy) is 2. The second kappa shape index (κ2) is 6.59. The Kier molecular flexibility index (Phi) is 4.81. The molecule has 5 heteroatoms. The Labute approximate surface area is 127 Å². The second-order valence-electron chi connectivity index (χ2n) is 4.40. The lowest BCUT2D eigenvalue weighted by molar-refractivity contribution is 0.0988. The molecule has 0 aliphatic carbocycles. The summed E-state index contributed by atoms with van der Waals surface area (Å²) in [5, 5.41) is 0.494. The van der Waals surface area contributed by atoms with Gasteiger partial charge in [-0.1, -0.05) is 11.6 Å². The standard InChI is InChI=1S/C16H14ClFO3/c1-20-12-4-5-13(14(18)9-12)15(19)8-10-7-11(17)3-6-16(10)21-2/h3-7,9H,8H2,1-2H3. The van der Waals surface area contributed by atoms with Crippen molar-refractivity contribution in [1.82, 2.24) is 0 Å². The summed E-state index contributed by atoms with van der Waals surface area (Å²) in [4.78, 5) is 12.2. The van der Waals surface area contributed by atoms with Gasteiger partial charge in [0.15, 0.2) is 5.78 Å². The molecule has 0 N–H and O–H groups in total. The highest BCUT2D eigenvalue weighted by molar-refractivity contribution is 6.30. The molecule has 2 rings (SSSR count). The van der Waals surface area contributed by atoms with Gasteiger partial charge in [-0.3, -0.25) is 4.79 Å². The summed E-state index contributed by atoms with van der Waals surface area (Å²) in [6.45, 7) is 0. The first kappa shape index (κ1) is 15.3. The molecule has 21 heavy (non-hydrogen) atoms. The summed E-state index contributed by atoms with van der Waals surface area (Å²) >= 11 is 5.92. The maximum Gasteiger partial charge on any atom is 0.170 e. The molecule has 0 aliphatic rings. The van der Waals surface area contributed by atoms with Crippen LogP contribution in [-0.4, -0.2) is 20.0 Å². The molecule has 0 unspecified atom stereocenters. The Bertz CT molecular complexity index is 671. The van der Waals surface area contributed by atoms with E-state index in [1.54, 1.807) is 24.3 Å². The molecule has 110 valence electrons. The highest BCUT2D eigenvalue weighted by Gasteiger charge is 2.15. The fraction of sp³-hybridized carbons (Fsp3) is 0.188. The number of hydrogen-bond donors (Lipinski definition) is 0. The van der Waals surface area contributed by atoms with E-state index in [1.807, 2.05) is 0 Å². The lowest BCUT2D eigenvalue weighted by atomic mass is 10.0. The summed E-state index contributed by atoms with van der Waals surface area (Å²) in [6.07, 6.45) is 0.00693. The summed E-state index contributed by atoms with van der Waals surface area (Å²) < 4.78 is 24.0. The predicted octanol–water partition coefficient (Wildman–Crippen LogP) is 3.92. The van der Waals surface area contributed by atoms with Crippen molar-refractivity contribution in [2.24, 2.45) is 0 Å². The maximum atomic E-state index is 13.9. The number of carbonyl (C=O) groups excluding carboxylic acids is 1. The van der Waals surface area contributed by atoms with Crippen molar-refractivity contribution in [3.05, 3.63) is 58.4 Å². The van der Waals surface area contributed by atoms with Gasteiger partial charge in [0, 0.05) is 23.1 Å². The van der Waals surface area contributed by atoms with E-state index in [9.17, 15) is 9.18 Å². The molecule has 0 amide bonds. The first-order valence-electron chi connectivity index (χ1n) is 6.24. The minimum absolute atomic E-state index is 0.00693. The van der Waals surface area contributed by atoms with Crippen molar-refractivity contribution in [3.63, 3.8) is 0 Å². The van der Waals surface area contributed by atoms with E-state index < -0.39 is 5.82 Å². The van der Waals surface area contributed by atoms with Crippen LogP contribution in [0.2, 0.25) is 5.02 Å². The first-order chi connectivity index (χ1) is 10.0. The molecule has 0 spiro atoms. The van der Waals surface area contributed by atoms with Gasteiger partial charge in [-0.2, -0.15) is 0 Å². The Morgan fingerprint density at radius 1 is 1.14 bits per heavy atom. The molecule has 0 heterocycles. The number of methoxy groups -OCH3 is 2. The molecule has 0 radical (unpaired) electrons. The maximum absolute atomic E-state index is 13.9. The van der Waals surface area contributed by atoms with Crippen LogP contribution in [0.3, 0.4) is 0 Å². The van der Waals surface area contributed by atoms with Gasteiger partial charge in [0.25, 0.3) is 0 Å². The summed E-state index contributed by atoms with van der Waals surface area (Å²) in [5.74, 6) is -0.0536. The van der Waals surface area contributed by atoms with Gasteiger partial charge < -0.3 is 9.47 Å². The number of carbonyl (C=O) groups is 1. The lowest BCUT2D eigenvalue weighted by Gasteiger charge is -2.09. The van der Waals surface area contributed by atoms with Gasteiger partial charge in [-0.25, -0.2) is 4.39 Å². The number of benzene rings is 2. The Balaban J connectivity index is 2.28. The normalized spacial score (nSPS) is 10.3. The molecule has 0 saturated carbocycles. The van der Waals surface area contributed by atoms with Crippen molar-refractivity contribution in [2.75, 3.05) is 14.2 Å². The number of ketones is 1. The molecular weight excluding hydrogens is 295 g/mol. The van der Waals surface area contributed by atoms with Gasteiger partial charge in [-0.15, -0.1) is 0 Å². The molecule has 2 aromatic carbocycles. The van der Waals surface area contributed by atoms with Crippen LogP contribution in [0.4, 0.5) is 4.39 Å². The van der Waals surface area contributed by atoms with Crippen molar-refractivity contribution in [2.45, 2.75) is 6.42 Å². The first-order valence-corrected chi connectivity index (χ1v) is 6.62. The number of rotatable bonds is 5. The average molecular weight is 309 g/mol. The fourth-order valence-corrected chi connectivity index (χ4v) is 2.20. The summed E-state index contributed by atoms with van der Waals surface area (Å²) in [6, 6.07) is 9.12. The Hall–Kier alpha value is -2.07. The van der Waals surface area contributed by atoms with Crippen LogP contribution in [0.25, 0.3) is 0 Å². The topological polar surface area (TPSA) is 35.5 Å². The number of halogens is 2. The van der Waals surface area contributed by atoms with Crippen molar-refractivity contribution >= 4 is 17.4 Å². The monoisotopic (exact) mass is 308 g/mol. The average Bonchev–Trinajstić information content (AvgIpc) is 2.47. The van der Waals surface area contributed by atoms with E-state index in [4.69, 9.17) is 21.1 Å². The fourth-order valence-electron chi connectivity index (χ4n) is 2.00. The van der Waals surface area contributed by atoms with Crippen molar-refractivity contribution in [1.29, 1.82) is 0 Å². The highest BCUT2D eigenvalue weighted by Crippen LogP contribution is 2.25. The molecule has 0 aliphatic heterocycles. The molecule has 0 fully saturated rings. The molecule has 2 aromatic rings. The quantitative estimate of drug-likeness (QED) is 0.785. The van der Waals surface area contributed by atoms with Crippen LogP contribution in [-0.2, 0) is 6.42 Å². The summed E-state index contributed by atoms with van der Waals surface area (Å²) in [5.41, 5.74) is 0.628. The molecule has 0 bridgehead atoms. The van der Waals surface area contributed by atoms with Crippen LogP contribution < -0.4 is 9.47 Å². The van der Waals surface area contributed by atoms with Gasteiger partial charge in [-0.05, 0) is 30.3 Å². The van der Waals surface area contributed by atoms with E-state index in [-0.39, 0.29) is 17.8 Å². The zero-order valence-corrected chi connectivity index (χ0v) is 12.4. The van der Waals surface area contributed by atoms with E-state index in [2.05, 4.69) is 0 Å². The molecular formula is C16H14ClFO3. The largest absolute Gasteiger partial charge is 0.497 e. The summed E-state index contributed by atoms with van der Waals surface area (Å²) in [7, 11) is 2.94. The van der Waals surface area contributed by atoms with Crippen LogP contribution in [0, 0.1) is 5.82 Å². The Morgan fingerprint density at radius 2 is 1.90 bits per heavy atom. The van der Waals surface area contributed by atoms with Crippen LogP contribution >= 0.6 is 11.6 Å². The third-order valence-electron chi connectivity index (χ3n) is 3.07. The zero-order valence-electron chi connectivity index (χ0n) is 11.7. The van der Waals surface area contributed by atoms with Crippen LogP contribution in [0.1, 0.15) is 15.9 Å². The van der Waals surface area contributed by atoms with Crippen LogP contribution in [0.15, 0.2) is 36.4 Å². The molecule has 0 atom stereocenters. The minimum atomic E-state index is -0.611. The molecule has 0 saturated heterocycles. The van der Waals surface area contributed by atoms with E-state index in [1.165, 1.54) is 26.4 Å². The Morgan fingerprint density at radius 3 is 2.52 bits per heavy atom. The van der Waals surface area contributed by atoms with Crippen molar-refractivity contribution < 1.29 is 18.7 Å². The van der Waals surface area contributed by atoms with Gasteiger partial charge in [0.2, 0.25) is 0 Å². The second-order valence-corrected chi connectivity index (χ2v) is 4.84. The third-order valence-corrected chi connectivity index (χ3v) is 3.31. The zero-order chi connectivity index (χ0) is 15.4. The number of Topliss-reactive ketones (excluding diaryl/α,β-unsaturated/α-hetero) is 1. The van der Waals surface area contributed by atoms with E-state index >= 15 is 0 Å². The van der Waals surface area contributed by atoms with E-state index in [0.29, 0.717) is 22.1 Å².